The first kappa shape index (κ1) is 18.0. The Morgan fingerprint density at radius 2 is 2.07 bits per heavy atom. The van der Waals surface area contributed by atoms with Crippen LogP contribution in [0.2, 0.25) is 0 Å². The molecule has 0 saturated heterocycles. The molecule has 142 valence electrons. The molecule has 0 aromatic carbocycles. The van der Waals surface area contributed by atoms with E-state index in [0.717, 1.165) is 30.5 Å². The molecule has 1 aliphatic carbocycles. The molecule has 0 radical (unpaired) electrons. The van der Waals surface area contributed by atoms with Gasteiger partial charge in [-0.25, -0.2) is 14.0 Å². The number of aromatic nitrogens is 3. The van der Waals surface area contributed by atoms with Gasteiger partial charge in [0.15, 0.2) is 0 Å². The van der Waals surface area contributed by atoms with E-state index in [1.54, 1.807) is 25.4 Å². The van der Waals surface area contributed by atoms with Crippen molar-refractivity contribution in [2.75, 3.05) is 5.75 Å². The number of halogens is 3. The largest absolute Gasteiger partial charge is 0.416 e. The maximum Gasteiger partial charge on any atom is 0.416 e. The fourth-order valence-corrected chi connectivity index (χ4v) is 4.08. The highest BCUT2D eigenvalue weighted by molar-refractivity contribution is 7.92. The molecular formula is C18H17F3N4OS. The molecule has 1 N–H and O–H groups in total. The molecular weight excluding hydrogens is 377 g/mol. The van der Waals surface area contributed by atoms with Crippen molar-refractivity contribution in [2.24, 2.45) is 0 Å². The molecule has 1 aliphatic rings. The SMILES string of the molecule is CCS(=N)(=O)c1cc(C2CC2)cnc1-c1cn2ccc(C(F)(F)F)cc2n1. The number of alkyl halides is 3. The normalized spacial score (nSPS) is 17.2. The van der Waals surface area contributed by atoms with E-state index in [2.05, 4.69) is 9.97 Å². The van der Waals surface area contributed by atoms with Crippen LogP contribution in [0.1, 0.15) is 36.8 Å². The van der Waals surface area contributed by atoms with Gasteiger partial charge in [-0.05, 0) is 42.5 Å². The Labute approximate surface area is 154 Å². The number of pyridine rings is 2. The van der Waals surface area contributed by atoms with E-state index in [4.69, 9.17) is 4.78 Å². The second-order valence-corrected chi connectivity index (χ2v) is 9.03. The fraction of sp³-hybridized carbons (Fsp3) is 0.333. The zero-order chi connectivity index (χ0) is 19.4. The van der Waals surface area contributed by atoms with Gasteiger partial charge >= 0.3 is 6.18 Å². The number of nitrogens with one attached hydrogen (secondary N) is 1. The monoisotopic (exact) mass is 394 g/mol. The van der Waals surface area contributed by atoms with Crippen LogP contribution in [0.5, 0.6) is 0 Å². The van der Waals surface area contributed by atoms with E-state index in [1.165, 1.54) is 10.6 Å². The Hall–Kier alpha value is -2.42. The average Bonchev–Trinajstić information content (AvgIpc) is 3.38. The van der Waals surface area contributed by atoms with Gasteiger partial charge in [-0.15, -0.1) is 0 Å². The molecule has 0 amide bonds. The summed E-state index contributed by atoms with van der Waals surface area (Å²) in [6.07, 6.45) is 2.14. The molecule has 0 spiro atoms. The Balaban J connectivity index is 1.87. The zero-order valence-corrected chi connectivity index (χ0v) is 15.3. The van der Waals surface area contributed by atoms with Gasteiger partial charge < -0.3 is 4.40 Å². The second kappa shape index (κ2) is 6.05. The van der Waals surface area contributed by atoms with Gasteiger partial charge in [-0.1, -0.05) is 6.92 Å². The van der Waals surface area contributed by atoms with Crippen molar-refractivity contribution >= 4 is 15.4 Å². The number of rotatable bonds is 4. The van der Waals surface area contributed by atoms with Crippen LogP contribution in [0.4, 0.5) is 13.2 Å². The molecule has 0 bridgehead atoms. The molecule has 3 heterocycles. The van der Waals surface area contributed by atoms with Gasteiger partial charge in [0.05, 0.1) is 20.2 Å². The summed E-state index contributed by atoms with van der Waals surface area (Å²) in [5.74, 6) is 0.509. The van der Waals surface area contributed by atoms with Crippen LogP contribution >= 0.6 is 0 Å². The molecule has 1 fully saturated rings. The first-order valence-corrected chi connectivity index (χ1v) is 10.2. The van der Waals surface area contributed by atoms with Crippen LogP contribution < -0.4 is 0 Å². The van der Waals surface area contributed by atoms with Gasteiger partial charge in [-0.2, -0.15) is 13.2 Å². The summed E-state index contributed by atoms with van der Waals surface area (Å²) in [7, 11) is -3.07. The highest BCUT2D eigenvalue weighted by atomic mass is 32.2. The van der Waals surface area contributed by atoms with Crippen LogP contribution in [-0.4, -0.2) is 24.3 Å². The zero-order valence-electron chi connectivity index (χ0n) is 14.5. The van der Waals surface area contributed by atoms with Crippen molar-refractivity contribution in [2.45, 2.75) is 36.8 Å². The summed E-state index contributed by atoms with van der Waals surface area (Å²) in [6.45, 7) is 1.67. The lowest BCUT2D eigenvalue weighted by molar-refractivity contribution is -0.137. The molecule has 27 heavy (non-hydrogen) atoms. The lowest BCUT2D eigenvalue weighted by atomic mass is 10.1. The number of hydrogen-bond donors (Lipinski definition) is 1. The van der Waals surface area contributed by atoms with Gasteiger partial charge in [0.1, 0.15) is 17.0 Å². The summed E-state index contributed by atoms with van der Waals surface area (Å²) >= 11 is 0. The van der Waals surface area contributed by atoms with E-state index in [-0.39, 0.29) is 11.4 Å². The minimum atomic E-state index is -4.46. The van der Waals surface area contributed by atoms with Crippen molar-refractivity contribution in [3.05, 3.63) is 47.9 Å². The van der Waals surface area contributed by atoms with Crippen molar-refractivity contribution < 1.29 is 17.4 Å². The lowest BCUT2D eigenvalue weighted by Crippen LogP contribution is -2.06. The standard InChI is InChI=1S/C18H17F3N4OS/c1-2-27(22,26)15-7-12(11-3-4-11)9-23-17(15)14-10-25-6-5-13(18(19,20)21)8-16(25)24-14/h5-11,22H,2-4H2,1H3. The van der Waals surface area contributed by atoms with Crippen LogP contribution in [0.15, 0.2) is 41.7 Å². The summed E-state index contributed by atoms with van der Waals surface area (Å²) < 4.78 is 61.2. The minimum absolute atomic E-state index is 0.117. The molecule has 0 aliphatic heterocycles. The van der Waals surface area contributed by atoms with Gasteiger partial charge in [0.2, 0.25) is 0 Å². The van der Waals surface area contributed by atoms with Crippen LogP contribution in [0.3, 0.4) is 0 Å². The topological polar surface area (TPSA) is 71.1 Å². The number of hydrogen-bond acceptors (Lipinski definition) is 4. The predicted octanol–water partition coefficient (Wildman–Crippen LogP) is 4.72. The van der Waals surface area contributed by atoms with Gasteiger partial charge in [0.25, 0.3) is 0 Å². The molecule has 1 unspecified atom stereocenters. The molecule has 3 aromatic heterocycles. The molecule has 3 aromatic rings. The predicted molar refractivity (Wildman–Crippen MR) is 95.1 cm³/mol. The van der Waals surface area contributed by atoms with E-state index < -0.39 is 21.5 Å². The van der Waals surface area contributed by atoms with E-state index in [1.807, 2.05) is 0 Å². The fourth-order valence-electron chi connectivity index (χ4n) is 2.97. The number of imidazole rings is 1. The van der Waals surface area contributed by atoms with Crippen LogP contribution in [0, 0.1) is 4.78 Å². The molecule has 5 nitrogen and oxygen atoms in total. The maximum absolute atomic E-state index is 12.9. The van der Waals surface area contributed by atoms with Crippen LogP contribution in [-0.2, 0) is 15.9 Å². The average molecular weight is 394 g/mol. The highest BCUT2D eigenvalue weighted by Crippen LogP contribution is 2.41. The van der Waals surface area contributed by atoms with Gasteiger partial charge in [0, 0.05) is 24.3 Å². The van der Waals surface area contributed by atoms with Crippen LogP contribution in [0.25, 0.3) is 17.0 Å². The highest BCUT2D eigenvalue weighted by Gasteiger charge is 2.31. The lowest BCUT2D eigenvalue weighted by Gasteiger charge is -2.11. The Morgan fingerprint density at radius 3 is 2.70 bits per heavy atom. The number of nitrogens with zero attached hydrogens (tertiary/aromatic N) is 3. The molecule has 4 rings (SSSR count). The summed E-state index contributed by atoms with van der Waals surface area (Å²) in [6, 6.07) is 3.69. The van der Waals surface area contributed by atoms with Crippen molar-refractivity contribution in [1.29, 1.82) is 4.78 Å². The number of fused-ring (bicyclic) bond motifs is 1. The third kappa shape index (κ3) is 3.31. The Bertz CT molecular complexity index is 1130. The second-order valence-electron chi connectivity index (χ2n) is 6.66. The van der Waals surface area contributed by atoms with E-state index in [9.17, 15) is 17.4 Å². The third-order valence-electron chi connectivity index (χ3n) is 4.71. The smallest absolute Gasteiger partial charge is 0.306 e. The minimum Gasteiger partial charge on any atom is -0.306 e. The summed E-state index contributed by atoms with van der Waals surface area (Å²) in [4.78, 5) is 8.94. The van der Waals surface area contributed by atoms with E-state index in [0.29, 0.717) is 22.2 Å². The van der Waals surface area contributed by atoms with Crippen molar-refractivity contribution in [3.8, 4) is 11.4 Å². The maximum atomic E-state index is 12.9. The quantitative estimate of drug-likeness (QED) is 0.696. The molecule has 9 heteroatoms. The Kier molecular flexibility index (Phi) is 4.03. The van der Waals surface area contributed by atoms with Gasteiger partial charge in [-0.3, -0.25) is 4.98 Å². The third-order valence-corrected chi connectivity index (χ3v) is 6.55. The summed E-state index contributed by atoms with van der Waals surface area (Å²) in [5, 5.41) is 0. The molecule has 1 atom stereocenters. The summed E-state index contributed by atoms with van der Waals surface area (Å²) in [5.41, 5.74) is 0.873. The van der Waals surface area contributed by atoms with Crippen molar-refractivity contribution in [1.82, 2.24) is 14.4 Å². The Morgan fingerprint density at radius 1 is 1.33 bits per heavy atom. The first-order valence-electron chi connectivity index (χ1n) is 8.52. The molecule has 1 saturated carbocycles. The van der Waals surface area contributed by atoms with Crippen molar-refractivity contribution in [3.63, 3.8) is 0 Å². The first-order chi connectivity index (χ1) is 12.7. The van der Waals surface area contributed by atoms with E-state index >= 15 is 0 Å².